The normalized spacial score (nSPS) is 19.2. The van der Waals surface area contributed by atoms with Crippen LogP contribution in [0.2, 0.25) is 0 Å². The molecule has 5 heteroatoms. The number of anilines is 1. The molecule has 0 radical (unpaired) electrons. The lowest BCUT2D eigenvalue weighted by atomic mass is 9.89. The molecule has 1 fully saturated rings. The third kappa shape index (κ3) is 2.80. The number of likely N-dealkylation sites (tertiary alicyclic amines) is 1. The van der Waals surface area contributed by atoms with Crippen LogP contribution in [-0.2, 0) is 4.79 Å². The maximum Gasteiger partial charge on any atom is 0.219 e. The van der Waals surface area contributed by atoms with Crippen LogP contribution >= 0.6 is 0 Å². The molecule has 1 amide bonds. The molecule has 0 unspecified atom stereocenters. The van der Waals surface area contributed by atoms with Gasteiger partial charge in [0.25, 0.3) is 0 Å². The molecule has 2 aromatic rings. The number of hydrogen-bond donors (Lipinski definition) is 2. The van der Waals surface area contributed by atoms with Crippen molar-refractivity contribution >= 4 is 22.5 Å². The molecule has 5 nitrogen and oxygen atoms in total. The van der Waals surface area contributed by atoms with Gasteiger partial charge in [0.2, 0.25) is 5.91 Å². The zero-order chi connectivity index (χ0) is 16.5. The summed E-state index contributed by atoms with van der Waals surface area (Å²) in [6.07, 6.45) is 8.53. The van der Waals surface area contributed by atoms with Crippen LogP contribution in [0, 0.1) is 0 Å². The Labute approximate surface area is 142 Å². The molecule has 1 aromatic heterocycles. The van der Waals surface area contributed by atoms with Gasteiger partial charge >= 0.3 is 0 Å². The number of aromatic amines is 1. The van der Waals surface area contributed by atoms with Gasteiger partial charge in [-0.05, 0) is 36.5 Å². The fourth-order valence-electron chi connectivity index (χ4n) is 3.84. The Morgan fingerprint density at radius 2 is 2.08 bits per heavy atom. The number of carbonyl (C=O) groups excluding carboxylic acids is 1. The van der Waals surface area contributed by atoms with Crippen LogP contribution in [-0.4, -0.2) is 42.1 Å². The van der Waals surface area contributed by atoms with Crippen LogP contribution in [0.5, 0.6) is 0 Å². The van der Waals surface area contributed by atoms with Gasteiger partial charge in [-0.15, -0.1) is 0 Å². The molecule has 126 valence electrons. The molecule has 0 atom stereocenters. The molecule has 4 rings (SSSR count). The topological polar surface area (TPSA) is 51.4 Å². The number of amides is 1. The van der Waals surface area contributed by atoms with E-state index in [0.29, 0.717) is 5.92 Å². The van der Waals surface area contributed by atoms with Gasteiger partial charge in [0, 0.05) is 55.5 Å². The molecule has 0 saturated carbocycles. The fraction of sp³-hybridized carbons (Fsp3) is 0.421. The molecule has 0 spiro atoms. The Balaban J connectivity index is 1.56. The van der Waals surface area contributed by atoms with Gasteiger partial charge in [-0.25, -0.2) is 0 Å². The van der Waals surface area contributed by atoms with Crippen molar-refractivity contribution in [2.45, 2.75) is 25.7 Å². The van der Waals surface area contributed by atoms with Gasteiger partial charge < -0.3 is 14.8 Å². The first-order valence-electron chi connectivity index (χ1n) is 8.73. The van der Waals surface area contributed by atoms with Gasteiger partial charge in [0.1, 0.15) is 0 Å². The largest absolute Gasteiger partial charge is 0.361 e. The maximum absolute atomic E-state index is 11.5. The average molecular weight is 324 g/mol. The Hall–Kier alpha value is -2.27. The first kappa shape index (κ1) is 15.3. The number of carbonyl (C=O) groups is 1. The monoisotopic (exact) mass is 324 g/mol. The zero-order valence-electron chi connectivity index (χ0n) is 14.1. The Kier molecular flexibility index (Phi) is 4.02. The SMILES string of the molecule is CC(=O)N1CCC(c2c[nH]c3cc(N4C=CCNC4)ccc23)CC1. The minimum Gasteiger partial charge on any atom is -0.361 e. The number of piperidine rings is 1. The summed E-state index contributed by atoms with van der Waals surface area (Å²) in [5.41, 5.74) is 3.79. The van der Waals surface area contributed by atoms with Crippen molar-refractivity contribution in [3.05, 3.63) is 42.2 Å². The first-order valence-corrected chi connectivity index (χ1v) is 8.73. The summed E-state index contributed by atoms with van der Waals surface area (Å²) in [6.45, 7) is 5.19. The summed E-state index contributed by atoms with van der Waals surface area (Å²) in [4.78, 5) is 19.1. The van der Waals surface area contributed by atoms with Crippen LogP contribution < -0.4 is 10.2 Å². The van der Waals surface area contributed by atoms with Crippen LogP contribution in [0.3, 0.4) is 0 Å². The number of hydrogen-bond acceptors (Lipinski definition) is 3. The highest BCUT2D eigenvalue weighted by molar-refractivity contribution is 5.87. The molecule has 0 bridgehead atoms. The predicted octanol–water partition coefficient (Wildman–Crippen LogP) is 2.77. The second-order valence-corrected chi connectivity index (χ2v) is 6.72. The number of benzene rings is 1. The number of H-pyrrole nitrogens is 1. The number of fused-ring (bicyclic) bond motifs is 1. The molecule has 2 aliphatic heterocycles. The predicted molar refractivity (Wildman–Crippen MR) is 97.0 cm³/mol. The number of nitrogens with one attached hydrogen (secondary N) is 2. The van der Waals surface area contributed by atoms with E-state index in [9.17, 15) is 4.79 Å². The zero-order valence-corrected chi connectivity index (χ0v) is 14.1. The molecule has 1 saturated heterocycles. The van der Waals surface area contributed by atoms with Gasteiger partial charge in [-0.3, -0.25) is 10.1 Å². The molecule has 0 aliphatic carbocycles. The highest BCUT2D eigenvalue weighted by atomic mass is 16.2. The Morgan fingerprint density at radius 1 is 1.25 bits per heavy atom. The van der Waals surface area contributed by atoms with E-state index in [1.807, 2.05) is 4.90 Å². The van der Waals surface area contributed by atoms with Crippen molar-refractivity contribution in [3.8, 4) is 0 Å². The third-order valence-electron chi connectivity index (χ3n) is 5.24. The number of aromatic nitrogens is 1. The quantitative estimate of drug-likeness (QED) is 0.893. The van der Waals surface area contributed by atoms with Crippen molar-refractivity contribution in [2.75, 3.05) is 31.2 Å². The van der Waals surface area contributed by atoms with Gasteiger partial charge in [-0.2, -0.15) is 0 Å². The van der Waals surface area contributed by atoms with Crippen LogP contribution in [0.15, 0.2) is 36.7 Å². The molecular weight excluding hydrogens is 300 g/mol. The minimum absolute atomic E-state index is 0.195. The Bertz CT molecular complexity index is 771. The average Bonchev–Trinajstić information content (AvgIpc) is 3.05. The second kappa shape index (κ2) is 6.32. The lowest BCUT2D eigenvalue weighted by Crippen LogP contribution is -2.36. The number of nitrogens with zero attached hydrogens (tertiary/aromatic N) is 2. The molecule has 1 aromatic carbocycles. The van der Waals surface area contributed by atoms with E-state index in [0.717, 1.165) is 39.1 Å². The molecular formula is C19H24N4O. The molecule has 24 heavy (non-hydrogen) atoms. The van der Waals surface area contributed by atoms with E-state index < -0.39 is 0 Å². The maximum atomic E-state index is 11.5. The van der Waals surface area contributed by atoms with E-state index in [1.165, 1.54) is 22.2 Å². The smallest absolute Gasteiger partial charge is 0.219 e. The van der Waals surface area contributed by atoms with Gasteiger partial charge in [-0.1, -0.05) is 12.1 Å². The highest BCUT2D eigenvalue weighted by Crippen LogP contribution is 2.34. The van der Waals surface area contributed by atoms with Crippen molar-refractivity contribution in [3.63, 3.8) is 0 Å². The third-order valence-corrected chi connectivity index (χ3v) is 5.24. The summed E-state index contributed by atoms with van der Waals surface area (Å²) >= 11 is 0. The van der Waals surface area contributed by atoms with Gasteiger partial charge in [0.05, 0.1) is 6.67 Å². The van der Waals surface area contributed by atoms with E-state index in [4.69, 9.17) is 0 Å². The van der Waals surface area contributed by atoms with Crippen molar-refractivity contribution in [1.82, 2.24) is 15.2 Å². The van der Waals surface area contributed by atoms with E-state index in [1.54, 1.807) is 6.92 Å². The number of rotatable bonds is 2. The lowest BCUT2D eigenvalue weighted by molar-refractivity contribution is -0.129. The summed E-state index contributed by atoms with van der Waals surface area (Å²) in [5, 5.41) is 4.66. The lowest BCUT2D eigenvalue weighted by Gasteiger charge is -2.31. The molecule has 2 aliphatic rings. The first-order chi connectivity index (χ1) is 11.7. The second-order valence-electron chi connectivity index (χ2n) is 6.72. The summed E-state index contributed by atoms with van der Waals surface area (Å²) in [7, 11) is 0. The minimum atomic E-state index is 0.195. The van der Waals surface area contributed by atoms with E-state index in [-0.39, 0.29) is 5.91 Å². The molecule has 2 N–H and O–H groups in total. The van der Waals surface area contributed by atoms with Crippen LogP contribution in [0.4, 0.5) is 5.69 Å². The van der Waals surface area contributed by atoms with Crippen molar-refractivity contribution < 1.29 is 4.79 Å². The fourth-order valence-corrected chi connectivity index (χ4v) is 3.84. The van der Waals surface area contributed by atoms with Gasteiger partial charge in [0.15, 0.2) is 0 Å². The standard InChI is InChI=1S/C19H24N4O/c1-14(24)22-9-5-15(6-10-22)18-12-21-19-11-16(3-4-17(18)19)23-8-2-7-20-13-23/h2-4,8,11-12,15,20-21H,5-7,9-10,13H2,1H3. The summed E-state index contributed by atoms with van der Waals surface area (Å²) in [6, 6.07) is 6.65. The van der Waals surface area contributed by atoms with E-state index >= 15 is 0 Å². The summed E-state index contributed by atoms with van der Waals surface area (Å²) in [5.74, 6) is 0.733. The summed E-state index contributed by atoms with van der Waals surface area (Å²) < 4.78 is 0. The van der Waals surface area contributed by atoms with Crippen LogP contribution in [0.25, 0.3) is 10.9 Å². The van der Waals surface area contributed by atoms with Crippen LogP contribution in [0.1, 0.15) is 31.2 Å². The van der Waals surface area contributed by atoms with Crippen molar-refractivity contribution in [2.24, 2.45) is 0 Å². The Morgan fingerprint density at radius 3 is 2.79 bits per heavy atom. The highest BCUT2D eigenvalue weighted by Gasteiger charge is 2.24. The van der Waals surface area contributed by atoms with E-state index in [2.05, 4.69) is 51.9 Å². The molecule has 3 heterocycles. The van der Waals surface area contributed by atoms with Crippen molar-refractivity contribution in [1.29, 1.82) is 0 Å².